The van der Waals surface area contributed by atoms with Gasteiger partial charge in [-0.2, -0.15) is 0 Å². The monoisotopic (exact) mass is 125 g/mol. The molecule has 0 aliphatic carbocycles. The van der Waals surface area contributed by atoms with Crippen LogP contribution >= 0.6 is 0 Å². The van der Waals surface area contributed by atoms with E-state index in [1.807, 2.05) is 0 Å². The molecule has 0 saturated carbocycles. The van der Waals surface area contributed by atoms with Crippen molar-refractivity contribution in [2.75, 3.05) is 6.54 Å². The molecular weight excluding hydrogens is 114 g/mol. The van der Waals surface area contributed by atoms with Gasteiger partial charge < -0.3 is 5.21 Å². The minimum absolute atomic E-state index is 0.355. The van der Waals surface area contributed by atoms with Crippen LogP contribution in [0.3, 0.4) is 0 Å². The van der Waals surface area contributed by atoms with Crippen LogP contribution in [0.4, 0.5) is 0 Å². The van der Waals surface area contributed by atoms with Gasteiger partial charge in [0.2, 0.25) is 0 Å². The van der Waals surface area contributed by atoms with Crippen molar-refractivity contribution < 1.29 is 4.74 Å². The molecule has 0 aromatic rings. The molecule has 0 heterocycles. The van der Waals surface area contributed by atoms with Crippen molar-refractivity contribution in [1.29, 1.82) is 0 Å². The van der Waals surface area contributed by atoms with Gasteiger partial charge in [-0.15, -0.1) is 6.58 Å². The second kappa shape index (κ2) is 5.09. The molecule has 2 nitrogen and oxygen atoms in total. The number of hydroxylamine groups is 1. The number of hydrogen-bond donors (Lipinski definition) is 0. The Morgan fingerprint density at radius 1 is 1.33 bits per heavy atom. The van der Waals surface area contributed by atoms with Crippen molar-refractivity contribution in [2.24, 2.45) is 0 Å². The molecule has 0 aliphatic rings. The Labute approximate surface area is 55.4 Å². The van der Waals surface area contributed by atoms with Gasteiger partial charge in [-0.1, -0.05) is 12.7 Å². The first-order valence-corrected chi connectivity index (χ1v) is 2.80. The van der Waals surface area contributed by atoms with Crippen LogP contribution < -0.4 is 0 Å². The molecule has 0 rings (SSSR count). The fourth-order valence-electron chi connectivity index (χ4n) is 0.394. The summed E-state index contributed by atoms with van der Waals surface area (Å²) in [6.07, 6.45) is 5.38. The molecule has 0 fully saturated rings. The second-order valence-corrected chi connectivity index (χ2v) is 1.60. The first-order chi connectivity index (χ1) is 4.31. The van der Waals surface area contributed by atoms with Gasteiger partial charge in [-0.05, 0) is 6.08 Å². The zero-order chi connectivity index (χ0) is 7.11. The average Bonchev–Trinajstić information content (AvgIpc) is 1.85. The van der Waals surface area contributed by atoms with Crippen molar-refractivity contribution in [3.8, 4) is 0 Å². The zero-order valence-corrected chi connectivity index (χ0v) is 5.42. The lowest BCUT2D eigenvalue weighted by atomic mass is 10.4. The van der Waals surface area contributed by atoms with Gasteiger partial charge in [0.1, 0.15) is 0 Å². The van der Waals surface area contributed by atoms with Crippen LogP contribution in [0.15, 0.2) is 25.3 Å². The van der Waals surface area contributed by atoms with Crippen molar-refractivity contribution in [2.45, 2.75) is 6.42 Å². The summed E-state index contributed by atoms with van der Waals surface area (Å²) in [6.45, 7) is 7.25. The lowest BCUT2D eigenvalue weighted by molar-refractivity contribution is -0.441. The summed E-state index contributed by atoms with van der Waals surface area (Å²) < 4.78 is 0.828. The van der Waals surface area contributed by atoms with Crippen molar-refractivity contribution in [3.05, 3.63) is 30.5 Å². The van der Waals surface area contributed by atoms with Crippen molar-refractivity contribution in [1.82, 2.24) is 0 Å². The number of rotatable bonds is 4. The Morgan fingerprint density at radius 3 is 2.44 bits per heavy atom. The van der Waals surface area contributed by atoms with Gasteiger partial charge >= 0.3 is 0 Å². The summed E-state index contributed by atoms with van der Waals surface area (Å²) in [4.78, 5) is 0. The highest BCUT2D eigenvalue weighted by Gasteiger charge is 1.82. The smallest absolute Gasteiger partial charge is 0.171 e. The highest BCUT2D eigenvalue weighted by Crippen LogP contribution is 1.75. The highest BCUT2D eigenvalue weighted by molar-refractivity contribution is 5.53. The molecule has 0 aromatic heterocycles. The molecule has 0 amide bonds. The third-order valence-electron chi connectivity index (χ3n) is 0.785. The third kappa shape index (κ3) is 4.81. The molecule has 0 radical (unpaired) electrons. The summed E-state index contributed by atoms with van der Waals surface area (Å²) in [5.41, 5.74) is 0. The molecule has 0 saturated heterocycles. The summed E-state index contributed by atoms with van der Waals surface area (Å²) in [5.74, 6) is 0. The standard InChI is InChI=1S/C7H11NO/c1-3-5-7-8(9)6-4-2/h3-4,7H,1-2,5-6H2. The van der Waals surface area contributed by atoms with E-state index in [1.54, 1.807) is 12.2 Å². The Bertz CT molecular complexity index is 127. The van der Waals surface area contributed by atoms with E-state index in [1.165, 1.54) is 6.21 Å². The number of nitrogens with zero attached hydrogens (tertiary/aromatic N) is 1. The molecule has 0 spiro atoms. The summed E-state index contributed by atoms with van der Waals surface area (Å²) in [7, 11) is 0. The largest absolute Gasteiger partial charge is 0.624 e. The molecule has 0 aromatic carbocycles. The summed E-state index contributed by atoms with van der Waals surface area (Å²) in [5, 5.41) is 10.5. The second-order valence-electron chi connectivity index (χ2n) is 1.60. The minimum atomic E-state index is 0.355. The predicted molar refractivity (Wildman–Crippen MR) is 39.6 cm³/mol. The third-order valence-corrected chi connectivity index (χ3v) is 0.785. The summed E-state index contributed by atoms with van der Waals surface area (Å²) in [6, 6.07) is 0. The normalized spacial score (nSPS) is 10.9. The van der Waals surface area contributed by atoms with E-state index in [0.29, 0.717) is 13.0 Å². The van der Waals surface area contributed by atoms with Crippen molar-refractivity contribution >= 4 is 6.21 Å². The SMILES string of the molecule is C=CCC=[N+]([O-])CC=C. The van der Waals surface area contributed by atoms with E-state index in [9.17, 15) is 5.21 Å². The maximum absolute atomic E-state index is 10.5. The molecule has 2 heteroatoms. The van der Waals surface area contributed by atoms with E-state index >= 15 is 0 Å². The van der Waals surface area contributed by atoms with E-state index < -0.39 is 0 Å². The Morgan fingerprint density at radius 2 is 2.00 bits per heavy atom. The van der Waals surface area contributed by atoms with Gasteiger partial charge in [0.05, 0.1) is 0 Å². The van der Waals surface area contributed by atoms with Gasteiger partial charge in [-0.3, -0.25) is 0 Å². The minimum Gasteiger partial charge on any atom is -0.624 e. The molecule has 0 aliphatic heterocycles. The van der Waals surface area contributed by atoms with Crippen LogP contribution in [0.2, 0.25) is 0 Å². The Hall–Kier alpha value is -1.05. The molecule has 0 unspecified atom stereocenters. The van der Waals surface area contributed by atoms with Crippen LogP contribution in [0.25, 0.3) is 0 Å². The fourth-order valence-corrected chi connectivity index (χ4v) is 0.394. The molecular formula is C7H11NO. The molecule has 0 N–H and O–H groups in total. The first-order valence-electron chi connectivity index (χ1n) is 2.80. The van der Waals surface area contributed by atoms with Crippen LogP contribution in [-0.4, -0.2) is 17.5 Å². The number of hydrogen-bond acceptors (Lipinski definition) is 1. The van der Waals surface area contributed by atoms with Gasteiger partial charge in [0.25, 0.3) is 0 Å². The Kier molecular flexibility index (Phi) is 4.50. The predicted octanol–water partition coefficient (Wildman–Crippen LogP) is 1.33. The lowest BCUT2D eigenvalue weighted by Crippen LogP contribution is -2.02. The molecule has 50 valence electrons. The van der Waals surface area contributed by atoms with Crippen LogP contribution in [-0.2, 0) is 0 Å². The van der Waals surface area contributed by atoms with E-state index in [0.717, 1.165) is 4.74 Å². The van der Waals surface area contributed by atoms with Gasteiger partial charge in [0.15, 0.2) is 12.8 Å². The van der Waals surface area contributed by atoms with Crippen LogP contribution in [0.5, 0.6) is 0 Å². The highest BCUT2D eigenvalue weighted by atomic mass is 16.5. The average molecular weight is 125 g/mol. The van der Waals surface area contributed by atoms with E-state index in [4.69, 9.17) is 0 Å². The maximum atomic E-state index is 10.5. The fraction of sp³-hybridized carbons (Fsp3) is 0.286. The summed E-state index contributed by atoms with van der Waals surface area (Å²) >= 11 is 0. The number of allylic oxidation sites excluding steroid dienone is 1. The lowest BCUT2D eigenvalue weighted by Gasteiger charge is -1.96. The maximum Gasteiger partial charge on any atom is 0.171 e. The first kappa shape index (κ1) is 7.95. The zero-order valence-electron chi connectivity index (χ0n) is 5.42. The van der Waals surface area contributed by atoms with Gasteiger partial charge in [-0.25, -0.2) is 4.74 Å². The topological polar surface area (TPSA) is 26.1 Å². The van der Waals surface area contributed by atoms with E-state index in [2.05, 4.69) is 13.2 Å². The van der Waals surface area contributed by atoms with Crippen molar-refractivity contribution in [3.63, 3.8) is 0 Å². The molecule has 9 heavy (non-hydrogen) atoms. The van der Waals surface area contributed by atoms with Crippen LogP contribution in [0.1, 0.15) is 6.42 Å². The van der Waals surface area contributed by atoms with E-state index in [-0.39, 0.29) is 0 Å². The van der Waals surface area contributed by atoms with Gasteiger partial charge in [0, 0.05) is 6.42 Å². The Balaban J connectivity index is 3.53. The molecule has 0 bridgehead atoms. The quantitative estimate of drug-likeness (QED) is 0.183. The molecule has 0 atom stereocenters. The van der Waals surface area contributed by atoms with Crippen LogP contribution in [0, 0.1) is 5.21 Å².